The average Bonchev–Trinajstić information content (AvgIpc) is 2.28. The first kappa shape index (κ1) is 10.2. The summed E-state index contributed by atoms with van der Waals surface area (Å²) in [5, 5.41) is 9.90. The molecule has 1 aromatic heterocycles. The molecule has 0 fully saturated rings. The predicted molar refractivity (Wildman–Crippen MR) is 55.5 cm³/mol. The highest BCUT2D eigenvalue weighted by molar-refractivity contribution is 6.05. The zero-order valence-electron chi connectivity index (χ0n) is 8.39. The molecule has 0 spiro atoms. The van der Waals surface area contributed by atoms with Crippen LogP contribution in [0.5, 0.6) is 5.75 Å². The molecule has 0 amide bonds. The van der Waals surface area contributed by atoms with Crippen LogP contribution < -0.4 is 5.63 Å². The van der Waals surface area contributed by atoms with Gasteiger partial charge in [0.05, 0.1) is 7.11 Å². The number of fused-ring (bicyclic) bond motifs is 1. The molecular formula is C11H8O5. The largest absolute Gasteiger partial charge is 0.507 e. The summed E-state index contributed by atoms with van der Waals surface area (Å²) in [4.78, 5) is 22.4. The highest BCUT2D eigenvalue weighted by Gasteiger charge is 2.16. The molecule has 82 valence electrons. The van der Waals surface area contributed by atoms with Crippen molar-refractivity contribution in [2.24, 2.45) is 0 Å². The van der Waals surface area contributed by atoms with E-state index in [-0.39, 0.29) is 16.9 Å². The molecule has 0 atom stereocenters. The zero-order valence-corrected chi connectivity index (χ0v) is 8.39. The van der Waals surface area contributed by atoms with Crippen molar-refractivity contribution in [3.05, 3.63) is 40.2 Å². The summed E-state index contributed by atoms with van der Waals surface area (Å²) < 4.78 is 9.41. The number of benzene rings is 1. The van der Waals surface area contributed by atoms with Crippen LogP contribution in [0, 0.1) is 0 Å². The second-order valence-electron chi connectivity index (χ2n) is 3.12. The topological polar surface area (TPSA) is 76.7 Å². The first-order valence-corrected chi connectivity index (χ1v) is 4.47. The standard InChI is InChI=1S/C11H8O5/c1-15-11(14)10-6-2-5-9(13)16-8(6)4-3-7(10)12/h2-5,12H,1H3. The monoisotopic (exact) mass is 220 g/mol. The van der Waals surface area contributed by atoms with Gasteiger partial charge in [0.2, 0.25) is 0 Å². The highest BCUT2D eigenvalue weighted by atomic mass is 16.5. The molecule has 0 bridgehead atoms. The van der Waals surface area contributed by atoms with E-state index < -0.39 is 11.6 Å². The van der Waals surface area contributed by atoms with Crippen LogP contribution in [0.2, 0.25) is 0 Å². The summed E-state index contributed by atoms with van der Waals surface area (Å²) in [7, 11) is 1.21. The number of esters is 1. The van der Waals surface area contributed by atoms with E-state index in [9.17, 15) is 14.7 Å². The first-order valence-electron chi connectivity index (χ1n) is 4.47. The van der Waals surface area contributed by atoms with Gasteiger partial charge in [-0.1, -0.05) is 0 Å². The van der Waals surface area contributed by atoms with E-state index in [4.69, 9.17) is 4.42 Å². The molecule has 16 heavy (non-hydrogen) atoms. The van der Waals surface area contributed by atoms with Crippen molar-refractivity contribution in [1.82, 2.24) is 0 Å². The minimum atomic E-state index is -0.683. The van der Waals surface area contributed by atoms with Crippen molar-refractivity contribution in [1.29, 1.82) is 0 Å². The van der Waals surface area contributed by atoms with Crippen LogP contribution in [-0.4, -0.2) is 18.2 Å². The number of phenolic OH excluding ortho intramolecular Hbond substituents is 1. The third kappa shape index (κ3) is 1.52. The minimum Gasteiger partial charge on any atom is -0.507 e. The van der Waals surface area contributed by atoms with E-state index in [0.29, 0.717) is 5.39 Å². The van der Waals surface area contributed by atoms with Crippen molar-refractivity contribution in [3.8, 4) is 5.75 Å². The Morgan fingerprint density at radius 1 is 1.31 bits per heavy atom. The fraction of sp³-hybridized carbons (Fsp3) is 0.0909. The Labute approximate surface area is 89.9 Å². The van der Waals surface area contributed by atoms with Gasteiger partial charge in [-0.3, -0.25) is 0 Å². The molecule has 0 saturated carbocycles. The lowest BCUT2D eigenvalue weighted by Crippen LogP contribution is -2.04. The minimum absolute atomic E-state index is 0.0104. The Hall–Kier alpha value is -2.30. The fourth-order valence-corrected chi connectivity index (χ4v) is 1.45. The number of methoxy groups -OCH3 is 1. The van der Waals surface area contributed by atoms with Gasteiger partial charge < -0.3 is 14.3 Å². The van der Waals surface area contributed by atoms with E-state index in [0.717, 1.165) is 0 Å². The van der Waals surface area contributed by atoms with Gasteiger partial charge in [0.15, 0.2) is 0 Å². The lowest BCUT2D eigenvalue weighted by Gasteiger charge is -2.05. The van der Waals surface area contributed by atoms with E-state index in [2.05, 4.69) is 4.74 Å². The average molecular weight is 220 g/mol. The number of ether oxygens (including phenoxy) is 1. The summed E-state index contributed by atoms with van der Waals surface area (Å²) >= 11 is 0. The molecule has 5 nitrogen and oxygen atoms in total. The number of phenols is 1. The molecule has 0 unspecified atom stereocenters. The van der Waals surface area contributed by atoms with Crippen LogP contribution in [0.15, 0.2) is 33.5 Å². The smallest absolute Gasteiger partial charge is 0.342 e. The Morgan fingerprint density at radius 3 is 2.75 bits per heavy atom. The molecule has 2 aromatic rings. The van der Waals surface area contributed by atoms with Gasteiger partial charge in [-0.15, -0.1) is 0 Å². The Kier molecular flexibility index (Phi) is 2.36. The molecule has 0 radical (unpaired) electrons. The van der Waals surface area contributed by atoms with Crippen LogP contribution in [0.4, 0.5) is 0 Å². The van der Waals surface area contributed by atoms with Gasteiger partial charge in [0.25, 0.3) is 0 Å². The summed E-state index contributed by atoms with van der Waals surface area (Å²) in [6.45, 7) is 0. The molecule has 0 saturated heterocycles. The molecule has 1 aromatic carbocycles. The van der Waals surface area contributed by atoms with Crippen LogP contribution in [-0.2, 0) is 4.74 Å². The van der Waals surface area contributed by atoms with Gasteiger partial charge in [0, 0.05) is 11.5 Å². The number of hydrogen-bond donors (Lipinski definition) is 1. The second-order valence-corrected chi connectivity index (χ2v) is 3.12. The van der Waals surface area contributed by atoms with Gasteiger partial charge >= 0.3 is 11.6 Å². The Bertz CT molecular complexity index is 611. The van der Waals surface area contributed by atoms with E-state index in [1.54, 1.807) is 0 Å². The Balaban J connectivity index is 2.84. The van der Waals surface area contributed by atoms with Crippen LogP contribution in [0.3, 0.4) is 0 Å². The van der Waals surface area contributed by atoms with Gasteiger partial charge in [-0.25, -0.2) is 9.59 Å². The zero-order chi connectivity index (χ0) is 11.7. The van der Waals surface area contributed by atoms with E-state index in [1.165, 1.54) is 31.4 Å². The van der Waals surface area contributed by atoms with Crippen LogP contribution >= 0.6 is 0 Å². The molecule has 2 rings (SSSR count). The van der Waals surface area contributed by atoms with Crippen molar-refractivity contribution < 1.29 is 19.1 Å². The maximum Gasteiger partial charge on any atom is 0.342 e. The molecule has 5 heteroatoms. The number of rotatable bonds is 1. The summed E-state index contributed by atoms with van der Waals surface area (Å²) in [6, 6.07) is 5.28. The van der Waals surface area contributed by atoms with Crippen molar-refractivity contribution in [2.75, 3.05) is 7.11 Å². The molecule has 1 N–H and O–H groups in total. The number of aromatic hydroxyl groups is 1. The molecule has 0 aliphatic rings. The SMILES string of the molecule is COC(=O)c1c(O)ccc2oc(=O)ccc12. The maximum absolute atomic E-state index is 11.4. The fourth-order valence-electron chi connectivity index (χ4n) is 1.45. The van der Waals surface area contributed by atoms with Crippen molar-refractivity contribution >= 4 is 16.9 Å². The molecule has 0 aliphatic heterocycles. The summed E-state index contributed by atoms with van der Waals surface area (Å²) in [6.07, 6.45) is 0. The number of carbonyl (C=O) groups is 1. The van der Waals surface area contributed by atoms with E-state index in [1.807, 2.05) is 0 Å². The van der Waals surface area contributed by atoms with Crippen molar-refractivity contribution in [2.45, 2.75) is 0 Å². The lowest BCUT2D eigenvalue weighted by atomic mass is 10.1. The maximum atomic E-state index is 11.4. The Morgan fingerprint density at radius 2 is 2.06 bits per heavy atom. The van der Waals surface area contributed by atoms with E-state index >= 15 is 0 Å². The summed E-state index contributed by atoms with van der Waals surface area (Å²) in [5.74, 6) is -0.898. The molecular weight excluding hydrogens is 212 g/mol. The number of carbonyl (C=O) groups excluding carboxylic acids is 1. The van der Waals surface area contributed by atoms with Crippen molar-refractivity contribution in [3.63, 3.8) is 0 Å². The molecule has 0 aliphatic carbocycles. The summed E-state index contributed by atoms with van der Waals surface area (Å²) in [5.41, 5.74) is -0.302. The van der Waals surface area contributed by atoms with Crippen LogP contribution in [0.25, 0.3) is 11.0 Å². The lowest BCUT2D eigenvalue weighted by molar-refractivity contribution is 0.0599. The third-order valence-corrected chi connectivity index (χ3v) is 2.17. The second kappa shape index (κ2) is 3.69. The third-order valence-electron chi connectivity index (χ3n) is 2.17. The van der Waals surface area contributed by atoms with Gasteiger partial charge in [-0.2, -0.15) is 0 Å². The highest BCUT2D eigenvalue weighted by Crippen LogP contribution is 2.26. The normalized spacial score (nSPS) is 10.3. The van der Waals surface area contributed by atoms with Gasteiger partial charge in [-0.05, 0) is 18.2 Å². The van der Waals surface area contributed by atoms with Gasteiger partial charge in [0.1, 0.15) is 16.9 Å². The molecule has 1 heterocycles. The quantitative estimate of drug-likeness (QED) is 0.578. The van der Waals surface area contributed by atoms with Crippen LogP contribution in [0.1, 0.15) is 10.4 Å². The predicted octanol–water partition coefficient (Wildman–Crippen LogP) is 1.29. The first-order chi connectivity index (χ1) is 7.63. The number of hydrogen-bond acceptors (Lipinski definition) is 5.